The molecule has 0 amide bonds. The summed E-state index contributed by atoms with van der Waals surface area (Å²) in [5.41, 5.74) is 6.67. The number of hydrogen-bond acceptors (Lipinski definition) is 6. The summed E-state index contributed by atoms with van der Waals surface area (Å²) in [4.78, 5) is 9.50. The van der Waals surface area contributed by atoms with Crippen LogP contribution in [0.1, 0.15) is 29.8 Å². The largest absolute Gasteiger partial charge is 0.433 e. The first-order valence-corrected chi connectivity index (χ1v) is 12.2. The molecule has 38 heavy (non-hydrogen) atoms. The molecule has 1 aromatic carbocycles. The van der Waals surface area contributed by atoms with Crippen molar-refractivity contribution in [1.82, 2.24) is 30.9 Å². The van der Waals surface area contributed by atoms with E-state index in [1.165, 1.54) is 4.90 Å². The Balaban J connectivity index is 1.54. The monoisotopic (exact) mass is 537 g/mol. The molecule has 2 saturated heterocycles. The number of rotatable bonds is 7. The maximum atomic E-state index is 13.8. The van der Waals surface area contributed by atoms with E-state index in [1.54, 1.807) is 20.2 Å². The molecule has 0 radical (unpaired) electrons. The zero-order valence-electron chi connectivity index (χ0n) is 20.9. The third kappa shape index (κ3) is 5.09. The number of nitrogens with one attached hydrogen (secondary N) is 3. The smallest absolute Gasteiger partial charge is 0.379 e. The Labute approximate surface area is 215 Å². The van der Waals surface area contributed by atoms with Crippen molar-refractivity contribution in [3.63, 3.8) is 0 Å². The highest BCUT2D eigenvalue weighted by molar-refractivity contribution is 5.94. The van der Waals surface area contributed by atoms with Gasteiger partial charge in [0.15, 0.2) is 0 Å². The van der Waals surface area contributed by atoms with Gasteiger partial charge in [0.2, 0.25) is 0 Å². The lowest BCUT2D eigenvalue weighted by Gasteiger charge is -2.42. The standard InChI is InChI=1S/C25H28F5N7O/c1-31-20(34-32-2)10-23(13-38-14-23)16-5-3-4-15(8-16)21-17-9-19(25(28,29)30)33-18(22(17)36-35-21)11-37-7-6-24(26,27)12-37/h3-5,8-9,32H,6-7,10-14H2,1-2H3,(H,31,34)(H,35,36). The van der Waals surface area contributed by atoms with Gasteiger partial charge in [-0.15, -0.1) is 0 Å². The fourth-order valence-electron chi connectivity index (χ4n) is 5.07. The van der Waals surface area contributed by atoms with Crippen LogP contribution < -0.4 is 10.9 Å². The van der Waals surface area contributed by atoms with E-state index in [4.69, 9.17) is 4.74 Å². The first kappa shape index (κ1) is 26.4. The van der Waals surface area contributed by atoms with Crippen LogP contribution >= 0.6 is 0 Å². The van der Waals surface area contributed by atoms with E-state index < -0.39 is 24.3 Å². The molecule has 204 valence electrons. The van der Waals surface area contributed by atoms with E-state index in [9.17, 15) is 22.0 Å². The van der Waals surface area contributed by atoms with Crippen molar-refractivity contribution >= 4 is 16.7 Å². The van der Waals surface area contributed by atoms with Gasteiger partial charge >= 0.3 is 6.18 Å². The van der Waals surface area contributed by atoms with Gasteiger partial charge in [-0.25, -0.2) is 19.2 Å². The van der Waals surface area contributed by atoms with Crippen LogP contribution in [0.15, 0.2) is 35.3 Å². The number of halogens is 5. The van der Waals surface area contributed by atoms with Crippen molar-refractivity contribution < 1.29 is 26.7 Å². The third-order valence-corrected chi connectivity index (χ3v) is 7.09. The minimum absolute atomic E-state index is 0.0354. The second-order valence-electron chi connectivity index (χ2n) is 9.84. The molecule has 0 spiro atoms. The van der Waals surface area contributed by atoms with Gasteiger partial charge in [-0.1, -0.05) is 18.2 Å². The second-order valence-corrected chi connectivity index (χ2v) is 9.84. The number of nitrogens with zero attached hydrogens (tertiary/aromatic N) is 4. The lowest BCUT2D eigenvalue weighted by molar-refractivity contribution is -0.141. The number of alkyl halides is 5. The number of amidine groups is 1. The van der Waals surface area contributed by atoms with Gasteiger partial charge < -0.3 is 10.2 Å². The number of hydrazine groups is 1. The van der Waals surface area contributed by atoms with Crippen LogP contribution in [0.5, 0.6) is 0 Å². The first-order chi connectivity index (χ1) is 18.0. The molecule has 0 unspecified atom stereocenters. The van der Waals surface area contributed by atoms with Crippen molar-refractivity contribution in [2.75, 3.05) is 40.4 Å². The highest BCUT2D eigenvalue weighted by Crippen LogP contribution is 2.40. The Hall–Kier alpha value is -3.16. The van der Waals surface area contributed by atoms with E-state index in [0.29, 0.717) is 36.4 Å². The summed E-state index contributed by atoms with van der Waals surface area (Å²) in [6, 6.07) is 8.43. The molecule has 13 heteroatoms. The number of pyridine rings is 1. The SMILES string of the molecule is CN=C(CC1(c2cccc(-c3n[nH]c4c(CN5CCC(F)(F)C5)nc(C(F)(F)F)cc34)c2)COC1)NNC. The Morgan fingerprint density at radius 2 is 2.03 bits per heavy atom. The molecule has 5 rings (SSSR count). The molecule has 0 bridgehead atoms. The van der Waals surface area contributed by atoms with E-state index >= 15 is 0 Å². The summed E-state index contributed by atoms with van der Waals surface area (Å²) < 4.78 is 74.4. The Morgan fingerprint density at radius 1 is 1.24 bits per heavy atom. The average molecular weight is 538 g/mol. The van der Waals surface area contributed by atoms with Crippen LogP contribution in [-0.2, 0) is 22.9 Å². The van der Waals surface area contributed by atoms with Gasteiger partial charge in [0.1, 0.15) is 17.2 Å². The van der Waals surface area contributed by atoms with Crippen LogP contribution in [0, 0.1) is 0 Å². The summed E-state index contributed by atoms with van der Waals surface area (Å²) in [6.07, 6.45) is -4.48. The van der Waals surface area contributed by atoms with Gasteiger partial charge in [-0.3, -0.25) is 15.0 Å². The number of likely N-dealkylation sites (tertiary alicyclic amines) is 1. The van der Waals surface area contributed by atoms with Gasteiger partial charge in [-0.05, 0) is 17.7 Å². The number of aliphatic imine (C=N–C) groups is 1. The number of aromatic nitrogens is 3. The number of benzene rings is 1. The predicted molar refractivity (Wildman–Crippen MR) is 132 cm³/mol. The molecular weight excluding hydrogens is 509 g/mol. The Morgan fingerprint density at radius 3 is 2.63 bits per heavy atom. The summed E-state index contributed by atoms with van der Waals surface area (Å²) in [5, 5.41) is 7.40. The van der Waals surface area contributed by atoms with Crippen molar-refractivity contribution in [2.24, 2.45) is 4.99 Å². The molecule has 2 aliphatic rings. The highest BCUT2D eigenvalue weighted by atomic mass is 19.4. The molecule has 0 atom stereocenters. The quantitative estimate of drug-likeness (QED) is 0.183. The Bertz CT molecular complexity index is 1350. The lowest BCUT2D eigenvalue weighted by atomic mass is 9.75. The van der Waals surface area contributed by atoms with Crippen LogP contribution in [0.2, 0.25) is 0 Å². The van der Waals surface area contributed by atoms with Crippen molar-refractivity contribution in [3.8, 4) is 11.3 Å². The predicted octanol–water partition coefficient (Wildman–Crippen LogP) is 3.90. The Kier molecular flexibility index (Phi) is 6.86. The molecule has 2 aliphatic heterocycles. The van der Waals surface area contributed by atoms with E-state index in [0.717, 1.165) is 17.5 Å². The fourth-order valence-corrected chi connectivity index (χ4v) is 5.07. The minimum atomic E-state index is -4.71. The van der Waals surface area contributed by atoms with Gasteiger partial charge in [0.05, 0.1) is 31.0 Å². The average Bonchev–Trinajstić information content (AvgIpc) is 3.43. The summed E-state index contributed by atoms with van der Waals surface area (Å²) >= 11 is 0. The highest BCUT2D eigenvalue weighted by Gasteiger charge is 2.42. The summed E-state index contributed by atoms with van der Waals surface area (Å²) in [7, 11) is 3.43. The van der Waals surface area contributed by atoms with Crippen LogP contribution in [0.3, 0.4) is 0 Å². The number of fused-ring (bicyclic) bond motifs is 1. The molecule has 2 fully saturated rings. The summed E-state index contributed by atoms with van der Waals surface area (Å²) in [6.45, 7) is 0.343. The number of hydrogen-bond donors (Lipinski definition) is 3. The van der Waals surface area contributed by atoms with Crippen LogP contribution in [-0.4, -0.2) is 72.2 Å². The number of aromatic amines is 1. The van der Waals surface area contributed by atoms with Crippen LogP contribution in [0.4, 0.5) is 22.0 Å². The normalized spacial score (nSPS) is 19.6. The molecule has 8 nitrogen and oxygen atoms in total. The van der Waals surface area contributed by atoms with E-state index in [2.05, 4.69) is 31.0 Å². The maximum Gasteiger partial charge on any atom is 0.433 e. The van der Waals surface area contributed by atoms with Gasteiger partial charge in [0.25, 0.3) is 5.92 Å². The molecule has 3 aromatic rings. The molecule has 0 saturated carbocycles. The third-order valence-electron chi connectivity index (χ3n) is 7.09. The zero-order chi connectivity index (χ0) is 27.1. The molecule has 3 N–H and O–H groups in total. The molecular formula is C25H28F5N7O. The fraction of sp³-hybridized carbons (Fsp3) is 0.480. The number of ether oxygens (including phenoxy) is 1. The molecule has 0 aliphatic carbocycles. The second kappa shape index (κ2) is 9.86. The molecule has 2 aromatic heterocycles. The van der Waals surface area contributed by atoms with Gasteiger partial charge in [-0.2, -0.15) is 18.3 Å². The minimum Gasteiger partial charge on any atom is -0.379 e. The molecule has 4 heterocycles. The van der Waals surface area contributed by atoms with Crippen LogP contribution in [0.25, 0.3) is 22.2 Å². The van der Waals surface area contributed by atoms with Crippen molar-refractivity contribution in [1.29, 1.82) is 0 Å². The maximum absolute atomic E-state index is 13.8. The van der Waals surface area contributed by atoms with E-state index in [-0.39, 0.29) is 36.0 Å². The van der Waals surface area contributed by atoms with Crippen molar-refractivity contribution in [2.45, 2.75) is 36.9 Å². The van der Waals surface area contributed by atoms with Gasteiger partial charge in [0, 0.05) is 56.4 Å². The zero-order valence-corrected chi connectivity index (χ0v) is 20.9. The lowest BCUT2D eigenvalue weighted by Crippen LogP contribution is -2.51. The first-order valence-electron chi connectivity index (χ1n) is 12.2. The van der Waals surface area contributed by atoms with E-state index in [1.807, 2.05) is 18.2 Å². The topological polar surface area (TPSA) is 90.5 Å². The van der Waals surface area contributed by atoms with Crippen molar-refractivity contribution in [3.05, 3.63) is 47.3 Å². The number of H-pyrrole nitrogens is 1. The summed E-state index contributed by atoms with van der Waals surface area (Å²) in [5.74, 6) is -2.13.